The number of ether oxygens (including phenoxy) is 2. The second-order valence-electron chi connectivity index (χ2n) is 11.6. The second kappa shape index (κ2) is 11.5. The molecule has 0 unspecified atom stereocenters. The molecule has 0 aliphatic carbocycles. The Morgan fingerprint density at radius 1 is 0.975 bits per heavy atom. The standard InChI is InChI=1S/C30H36N2O7Si/c1-20-18-31(29(36)32(26(20)33)27(34)21-13-9-7-10-14-21)25-17-23(39-28(35)22-15-11-8-12-16-22)24(38-25)19-37-40(5,6)30(2,3)4/h7-16,18,23-25H,17,19H2,1-6H3/t23-,24+,25+/m0/s1. The first-order valence-electron chi connectivity index (χ1n) is 13.3. The van der Waals surface area contributed by atoms with Gasteiger partial charge in [0.1, 0.15) is 18.4 Å². The molecule has 0 saturated carbocycles. The third-order valence-corrected chi connectivity index (χ3v) is 12.2. The Hall–Kier alpha value is -3.60. The molecule has 0 radical (unpaired) electrons. The van der Waals surface area contributed by atoms with Crippen LogP contribution in [0.15, 0.2) is 76.4 Å². The van der Waals surface area contributed by atoms with Crippen LogP contribution in [-0.4, -0.2) is 48.1 Å². The van der Waals surface area contributed by atoms with Gasteiger partial charge in [0.15, 0.2) is 8.32 Å². The molecule has 212 valence electrons. The lowest BCUT2D eigenvalue weighted by atomic mass is 10.1. The molecule has 1 saturated heterocycles. The quantitative estimate of drug-likeness (QED) is 0.306. The van der Waals surface area contributed by atoms with Crippen LogP contribution in [0.5, 0.6) is 0 Å². The normalized spacial score (nSPS) is 19.4. The van der Waals surface area contributed by atoms with Crippen LogP contribution < -0.4 is 11.2 Å². The summed E-state index contributed by atoms with van der Waals surface area (Å²) in [4.78, 5) is 52.6. The molecule has 0 amide bonds. The smallest absolute Gasteiger partial charge is 0.340 e. The van der Waals surface area contributed by atoms with E-state index >= 15 is 0 Å². The monoisotopic (exact) mass is 564 g/mol. The van der Waals surface area contributed by atoms with Gasteiger partial charge < -0.3 is 13.9 Å². The van der Waals surface area contributed by atoms with E-state index in [1.54, 1.807) is 54.6 Å². The Bertz CT molecular complexity index is 1490. The van der Waals surface area contributed by atoms with Gasteiger partial charge in [0, 0.05) is 23.7 Å². The van der Waals surface area contributed by atoms with E-state index in [1.807, 2.05) is 6.07 Å². The van der Waals surface area contributed by atoms with Gasteiger partial charge in [-0.15, -0.1) is 0 Å². The van der Waals surface area contributed by atoms with Crippen molar-refractivity contribution in [3.05, 3.63) is 104 Å². The van der Waals surface area contributed by atoms with Gasteiger partial charge in [-0.05, 0) is 49.3 Å². The van der Waals surface area contributed by atoms with E-state index in [4.69, 9.17) is 13.9 Å². The number of rotatable bonds is 7. The summed E-state index contributed by atoms with van der Waals surface area (Å²) in [7, 11) is -2.17. The van der Waals surface area contributed by atoms with Gasteiger partial charge in [0.25, 0.3) is 11.5 Å². The summed E-state index contributed by atoms with van der Waals surface area (Å²) in [6, 6.07) is 16.8. The summed E-state index contributed by atoms with van der Waals surface area (Å²) in [5.74, 6) is -1.24. The van der Waals surface area contributed by atoms with Crippen molar-refractivity contribution >= 4 is 20.2 Å². The van der Waals surface area contributed by atoms with Crippen LogP contribution in [-0.2, 0) is 13.9 Å². The molecule has 40 heavy (non-hydrogen) atoms. The summed E-state index contributed by atoms with van der Waals surface area (Å²) in [5, 5.41) is -0.0530. The van der Waals surface area contributed by atoms with Crippen molar-refractivity contribution in [2.24, 2.45) is 0 Å². The Kier molecular flexibility index (Phi) is 8.43. The summed E-state index contributed by atoms with van der Waals surface area (Å²) >= 11 is 0. The average molecular weight is 565 g/mol. The number of aromatic nitrogens is 2. The van der Waals surface area contributed by atoms with Gasteiger partial charge in [0.05, 0.1) is 12.2 Å². The highest BCUT2D eigenvalue weighted by atomic mass is 28.4. The number of carbonyl (C=O) groups is 2. The van der Waals surface area contributed by atoms with E-state index in [0.717, 1.165) is 0 Å². The minimum Gasteiger partial charge on any atom is -0.456 e. The fourth-order valence-electron chi connectivity index (χ4n) is 4.22. The van der Waals surface area contributed by atoms with E-state index in [1.165, 1.54) is 17.7 Å². The van der Waals surface area contributed by atoms with Crippen molar-refractivity contribution in [3.63, 3.8) is 0 Å². The van der Waals surface area contributed by atoms with Gasteiger partial charge in [-0.1, -0.05) is 57.2 Å². The molecule has 1 aliphatic heterocycles. The molecule has 2 aromatic carbocycles. The molecular weight excluding hydrogens is 528 g/mol. The average Bonchev–Trinajstić information content (AvgIpc) is 3.32. The first-order chi connectivity index (χ1) is 18.8. The summed E-state index contributed by atoms with van der Waals surface area (Å²) in [5.41, 5.74) is -0.718. The SMILES string of the molecule is Cc1cn([C@H]2C[C@H](OC(=O)c3ccccc3)[C@@H](CO[Si](C)(C)C(C)(C)C)O2)c(=O)n(C(=O)c2ccccc2)c1=O. The number of aryl methyl sites for hydroxylation is 1. The fourth-order valence-corrected chi connectivity index (χ4v) is 5.24. The zero-order chi connectivity index (χ0) is 29.2. The summed E-state index contributed by atoms with van der Waals surface area (Å²) in [6.45, 7) is 12.3. The van der Waals surface area contributed by atoms with Crippen LogP contribution in [0, 0.1) is 6.92 Å². The predicted molar refractivity (Wildman–Crippen MR) is 153 cm³/mol. The van der Waals surface area contributed by atoms with Gasteiger partial charge >= 0.3 is 11.7 Å². The maximum absolute atomic E-state index is 13.5. The maximum Gasteiger partial charge on any atom is 0.340 e. The molecule has 1 fully saturated rings. The van der Waals surface area contributed by atoms with Crippen molar-refractivity contribution < 1.29 is 23.5 Å². The number of hydrogen-bond donors (Lipinski definition) is 0. The first-order valence-corrected chi connectivity index (χ1v) is 16.2. The van der Waals surface area contributed by atoms with Crippen LogP contribution in [0.25, 0.3) is 0 Å². The molecule has 10 heteroatoms. The molecule has 3 aromatic rings. The first kappa shape index (κ1) is 29.4. The number of nitrogens with zero attached hydrogens (tertiary/aromatic N) is 2. The highest BCUT2D eigenvalue weighted by Crippen LogP contribution is 2.38. The van der Waals surface area contributed by atoms with Crippen molar-refractivity contribution in [2.75, 3.05) is 6.61 Å². The fraction of sp³-hybridized carbons (Fsp3) is 0.400. The molecule has 4 rings (SSSR count). The number of carbonyl (C=O) groups excluding carboxylic acids is 2. The molecule has 1 aromatic heterocycles. The number of esters is 1. The lowest BCUT2D eigenvalue weighted by Gasteiger charge is -2.37. The van der Waals surface area contributed by atoms with Crippen molar-refractivity contribution in [1.82, 2.24) is 9.13 Å². The Morgan fingerprint density at radius 3 is 2.12 bits per heavy atom. The zero-order valence-corrected chi connectivity index (χ0v) is 24.7. The van der Waals surface area contributed by atoms with Gasteiger partial charge in [0.2, 0.25) is 0 Å². The van der Waals surface area contributed by atoms with Crippen molar-refractivity contribution in [2.45, 2.75) is 70.7 Å². The van der Waals surface area contributed by atoms with Crippen LogP contribution in [0.3, 0.4) is 0 Å². The van der Waals surface area contributed by atoms with E-state index in [0.29, 0.717) is 10.1 Å². The molecule has 0 N–H and O–H groups in total. The molecule has 0 spiro atoms. The highest BCUT2D eigenvalue weighted by molar-refractivity contribution is 6.74. The van der Waals surface area contributed by atoms with E-state index in [9.17, 15) is 19.2 Å². The second-order valence-corrected chi connectivity index (χ2v) is 16.4. The topological polar surface area (TPSA) is 106 Å². The molecule has 3 atom stereocenters. The van der Waals surface area contributed by atoms with Gasteiger partial charge in [-0.25, -0.2) is 9.59 Å². The lowest BCUT2D eigenvalue weighted by Crippen LogP contribution is -2.45. The predicted octanol–water partition coefficient (Wildman–Crippen LogP) is 4.54. The van der Waals surface area contributed by atoms with Crippen molar-refractivity contribution in [3.8, 4) is 0 Å². The van der Waals surface area contributed by atoms with Crippen LogP contribution in [0.4, 0.5) is 0 Å². The minimum absolute atomic E-state index is 0.0530. The Morgan fingerprint density at radius 2 is 1.55 bits per heavy atom. The molecule has 0 bridgehead atoms. The zero-order valence-electron chi connectivity index (χ0n) is 23.7. The van der Waals surface area contributed by atoms with E-state index in [2.05, 4.69) is 33.9 Å². The Balaban J connectivity index is 1.67. The maximum atomic E-state index is 13.5. The summed E-state index contributed by atoms with van der Waals surface area (Å²) < 4.78 is 20.4. The van der Waals surface area contributed by atoms with E-state index < -0.39 is 49.9 Å². The van der Waals surface area contributed by atoms with Crippen molar-refractivity contribution in [1.29, 1.82) is 0 Å². The van der Waals surface area contributed by atoms with Gasteiger partial charge in [-0.2, -0.15) is 4.57 Å². The largest absolute Gasteiger partial charge is 0.456 e. The van der Waals surface area contributed by atoms with Crippen LogP contribution in [0.1, 0.15) is 59.7 Å². The third kappa shape index (κ3) is 6.09. The van der Waals surface area contributed by atoms with E-state index in [-0.39, 0.29) is 29.2 Å². The minimum atomic E-state index is -2.17. The molecule has 2 heterocycles. The highest BCUT2D eigenvalue weighted by Gasteiger charge is 2.43. The Labute approximate surface area is 234 Å². The summed E-state index contributed by atoms with van der Waals surface area (Å²) in [6.07, 6.45) is -0.745. The van der Waals surface area contributed by atoms with Crippen LogP contribution in [0.2, 0.25) is 18.1 Å². The molecular formula is C30H36N2O7Si. The lowest BCUT2D eigenvalue weighted by molar-refractivity contribution is -0.0500. The van der Waals surface area contributed by atoms with Gasteiger partial charge in [-0.3, -0.25) is 14.2 Å². The third-order valence-electron chi connectivity index (χ3n) is 7.68. The number of hydrogen-bond acceptors (Lipinski definition) is 7. The number of benzene rings is 2. The molecule has 1 aliphatic rings. The van der Waals surface area contributed by atoms with Crippen LogP contribution >= 0.6 is 0 Å². The molecule has 9 nitrogen and oxygen atoms in total.